The summed E-state index contributed by atoms with van der Waals surface area (Å²) in [5, 5.41) is 2.88. The number of carbonyl (C=O) groups excluding carboxylic acids is 1. The fourth-order valence-electron chi connectivity index (χ4n) is 1.66. The Morgan fingerprint density at radius 1 is 1.30 bits per heavy atom. The Bertz CT molecular complexity index is 399. The van der Waals surface area contributed by atoms with Crippen molar-refractivity contribution in [1.29, 1.82) is 0 Å². The van der Waals surface area contributed by atoms with Gasteiger partial charge in [-0.05, 0) is 12.5 Å². The van der Waals surface area contributed by atoms with Crippen molar-refractivity contribution < 1.29 is 14.3 Å². The van der Waals surface area contributed by atoms with Crippen molar-refractivity contribution in [2.24, 2.45) is 0 Å². The minimum absolute atomic E-state index is 0.0188. The van der Waals surface area contributed by atoms with Gasteiger partial charge in [0, 0.05) is 26.5 Å². The normalized spacial score (nSPS) is 13.8. The Hall–Kier alpha value is -1.04. The zero-order valence-electron chi connectivity index (χ0n) is 12.3. The molecule has 0 saturated carbocycles. The van der Waals surface area contributed by atoms with Crippen molar-refractivity contribution in [3.05, 3.63) is 35.9 Å². The number of carbonyl (C=O) groups is 1. The largest absolute Gasteiger partial charge is 0.382 e. The Labute approximate surface area is 125 Å². The lowest BCUT2D eigenvalue weighted by Crippen LogP contribution is -2.45. The van der Waals surface area contributed by atoms with Crippen molar-refractivity contribution in [2.75, 3.05) is 33.1 Å². The lowest BCUT2D eigenvalue weighted by Gasteiger charge is -2.27. The fourth-order valence-corrected chi connectivity index (χ4v) is 2.48. The van der Waals surface area contributed by atoms with Gasteiger partial charge in [0.05, 0.1) is 12.4 Å². The van der Waals surface area contributed by atoms with E-state index in [0.29, 0.717) is 18.9 Å². The number of nitrogens with one attached hydrogen (secondary N) is 1. The molecule has 4 nitrogen and oxygen atoms in total. The van der Waals surface area contributed by atoms with Gasteiger partial charge in [0.25, 0.3) is 0 Å². The van der Waals surface area contributed by atoms with Crippen molar-refractivity contribution >= 4 is 17.7 Å². The summed E-state index contributed by atoms with van der Waals surface area (Å²) in [7, 11) is 3.24. The van der Waals surface area contributed by atoms with E-state index in [9.17, 15) is 4.79 Å². The number of ether oxygens (including phenoxy) is 2. The molecule has 0 aliphatic rings. The third kappa shape index (κ3) is 6.41. The van der Waals surface area contributed by atoms with E-state index in [2.05, 4.69) is 17.4 Å². The molecule has 1 rings (SSSR count). The van der Waals surface area contributed by atoms with Crippen molar-refractivity contribution in [2.45, 2.75) is 18.3 Å². The molecule has 1 aromatic rings. The summed E-state index contributed by atoms with van der Waals surface area (Å²) in [5.41, 5.74) is 0.750. The third-order valence-electron chi connectivity index (χ3n) is 2.95. The highest BCUT2D eigenvalue weighted by Gasteiger charge is 2.24. The molecule has 5 heteroatoms. The monoisotopic (exact) mass is 297 g/mol. The van der Waals surface area contributed by atoms with Crippen LogP contribution in [0.4, 0.5) is 0 Å². The lowest BCUT2D eigenvalue weighted by molar-refractivity contribution is -0.120. The highest BCUT2D eigenvalue weighted by Crippen LogP contribution is 2.12. The zero-order valence-corrected chi connectivity index (χ0v) is 13.2. The summed E-state index contributed by atoms with van der Waals surface area (Å²) in [6.07, 6.45) is 0. The Balaban J connectivity index is 2.23. The number of hydrogen-bond donors (Lipinski definition) is 1. The number of thioether (sulfide) groups is 1. The maximum absolute atomic E-state index is 11.8. The summed E-state index contributed by atoms with van der Waals surface area (Å²) in [4.78, 5) is 11.8. The molecule has 0 heterocycles. The van der Waals surface area contributed by atoms with Gasteiger partial charge in [-0.25, -0.2) is 0 Å². The van der Waals surface area contributed by atoms with Gasteiger partial charge in [0.15, 0.2) is 0 Å². The average Bonchev–Trinajstić information content (AvgIpc) is 2.47. The summed E-state index contributed by atoms with van der Waals surface area (Å²) in [6, 6.07) is 10.1. The third-order valence-corrected chi connectivity index (χ3v) is 3.95. The lowest BCUT2D eigenvalue weighted by atomic mass is 10.1. The van der Waals surface area contributed by atoms with Crippen molar-refractivity contribution in [1.82, 2.24) is 5.32 Å². The van der Waals surface area contributed by atoms with Crippen LogP contribution in [0.25, 0.3) is 0 Å². The number of amides is 1. The van der Waals surface area contributed by atoms with Gasteiger partial charge in [-0.15, -0.1) is 11.8 Å². The number of hydrogen-bond acceptors (Lipinski definition) is 4. The molecule has 0 saturated heterocycles. The van der Waals surface area contributed by atoms with Crippen LogP contribution in [0.1, 0.15) is 12.5 Å². The maximum atomic E-state index is 11.8. The minimum atomic E-state index is -0.478. The number of methoxy groups -OCH3 is 2. The van der Waals surface area contributed by atoms with Gasteiger partial charge < -0.3 is 14.8 Å². The Morgan fingerprint density at radius 2 is 2.00 bits per heavy atom. The molecule has 1 aromatic carbocycles. The zero-order chi connectivity index (χ0) is 14.8. The summed E-state index contributed by atoms with van der Waals surface area (Å²) < 4.78 is 10.4. The van der Waals surface area contributed by atoms with E-state index in [-0.39, 0.29) is 5.91 Å². The van der Waals surface area contributed by atoms with E-state index in [1.165, 1.54) is 5.56 Å². The first kappa shape index (κ1) is 17.0. The second-order valence-electron chi connectivity index (χ2n) is 4.84. The molecule has 0 aromatic heterocycles. The van der Waals surface area contributed by atoms with E-state index >= 15 is 0 Å². The molecule has 0 spiro atoms. The van der Waals surface area contributed by atoms with Gasteiger partial charge in [0.2, 0.25) is 5.91 Å². The molecule has 1 N–H and O–H groups in total. The van der Waals surface area contributed by atoms with E-state index in [1.54, 1.807) is 26.0 Å². The maximum Gasteiger partial charge on any atom is 0.230 e. The van der Waals surface area contributed by atoms with E-state index in [0.717, 1.165) is 5.75 Å². The molecule has 0 fully saturated rings. The average molecular weight is 297 g/mol. The van der Waals surface area contributed by atoms with Crippen LogP contribution in [0, 0.1) is 0 Å². The van der Waals surface area contributed by atoms with Gasteiger partial charge in [-0.3, -0.25) is 4.79 Å². The molecule has 1 amide bonds. The Kier molecular flexibility index (Phi) is 7.65. The first-order valence-corrected chi connectivity index (χ1v) is 7.67. The standard InChI is InChI=1S/C15H23NO3S/c1-15(19-3,12-18-2)11-16-14(17)10-20-9-13-7-5-4-6-8-13/h4-8H,9-12H2,1-3H3,(H,16,17). The minimum Gasteiger partial charge on any atom is -0.382 e. The predicted octanol–water partition coefficient (Wildman–Crippen LogP) is 2.09. The molecule has 112 valence electrons. The SMILES string of the molecule is COCC(C)(CNC(=O)CSCc1ccccc1)OC. The molecule has 1 unspecified atom stereocenters. The molecule has 0 bridgehead atoms. The van der Waals surface area contributed by atoms with E-state index in [1.807, 2.05) is 25.1 Å². The first-order chi connectivity index (χ1) is 9.59. The number of rotatable bonds is 9. The number of benzene rings is 1. The van der Waals surface area contributed by atoms with Crippen LogP contribution < -0.4 is 5.32 Å². The van der Waals surface area contributed by atoms with Crippen LogP contribution >= 0.6 is 11.8 Å². The van der Waals surface area contributed by atoms with E-state index in [4.69, 9.17) is 9.47 Å². The molecule has 0 radical (unpaired) electrons. The highest BCUT2D eigenvalue weighted by molar-refractivity contribution is 7.99. The fraction of sp³-hybridized carbons (Fsp3) is 0.533. The van der Waals surface area contributed by atoms with Crippen LogP contribution in [-0.2, 0) is 20.0 Å². The summed E-state index contributed by atoms with van der Waals surface area (Å²) in [6.45, 7) is 2.80. The van der Waals surface area contributed by atoms with Crippen molar-refractivity contribution in [3.8, 4) is 0 Å². The van der Waals surface area contributed by atoms with Crippen LogP contribution in [-0.4, -0.2) is 44.6 Å². The Morgan fingerprint density at radius 3 is 2.60 bits per heavy atom. The van der Waals surface area contributed by atoms with Crippen LogP contribution in [0.5, 0.6) is 0 Å². The highest BCUT2D eigenvalue weighted by atomic mass is 32.2. The molecule has 20 heavy (non-hydrogen) atoms. The molecular weight excluding hydrogens is 274 g/mol. The van der Waals surface area contributed by atoms with Gasteiger partial charge in [-0.2, -0.15) is 0 Å². The van der Waals surface area contributed by atoms with Gasteiger partial charge in [-0.1, -0.05) is 30.3 Å². The molecule has 0 aliphatic heterocycles. The summed E-state index contributed by atoms with van der Waals surface area (Å²) in [5.74, 6) is 1.31. The van der Waals surface area contributed by atoms with Gasteiger partial charge >= 0.3 is 0 Å². The molecular formula is C15H23NO3S. The first-order valence-electron chi connectivity index (χ1n) is 6.52. The second-order valence-corrected chi connectivity index (χ2v) is 5.83. The van der Waals surface area contributed by atoms with Crippen molar-refractivity contribution in [3.63, 3.8) is 0 Å². The summed E-state index contributed by atoms with van der Waals surface area (Å²) >= 11 is 1.60. The van der Waals surface area contributed by atoms with Crippen LogP contribution in [0.2, 0.25) is 0 Å². The van der Waals surface area contributed by atoms with Crippen LogP contribution in [0.3, 0.4) is 0 Å². The second kappa shape index (κ2) is 9.00. The smallest absolute Gasteiger partial charge is 0.230 e. The topological polar surface area (TPSA) is 47.6 Å². The quantitative estimate of drug-likeness (QED) is 0.758. The van der Waals surface area contributed by atoms with Gasteiger partial charge in [0.1, 0.15) is 5.60 Å². The molecule has 0 aliphatic carbocycles. The van der Waals surface area contributed by atoms with Crippen LogP contribution in [0.15, 0.2) is 30.3 Å². The molecule has 1 atom stereocenters. The van der Waals surface area contributed by atoms with E-state index < -0.39 is 5.60 Å². The predicted molar refractivity (Wildman–Crippen MR) is 82.9 cm³/mol.